The Labute approximate surface area is 89.8 Å². The van der Waals surface area contributed by atoms with Crippen molar-refractivity contribution in [1.82, 2.24) is 0 Å². The lowest BCUT2D eigenvalue weighted by molar-refractivity contribution is -0.361. The second kappa shape index (κ2) is 5.51. The van der Waals surface area contributed by atoms with Crippen LogP contribution in [-0.4, -0.2) is 39.9 Å². The van der Waals surface area contributed by atoms with E-state index in [1.165, 1.54) is 0 Å². The Morgan fingerprint density at radius 2 is 1.24 bits per heavy atom. The van der Waals surface area contributed by atoms with Gasteiger partial charge < -0.3 is 14.7 Å². The van der Waals surface area contributed by atoms with E-state index in [0.29, 0.717) is 0 Å². The van der Waals surface area contributed by atoms with Crippen LogP contribution in [0.1, 0.15) is 0 Å². The van der Waals surface area contributed by atoms with Gasteiger partial charge in [0.15, 0.2) is 0 Å². The molecule has 106 valence electrons. The minimum atomic E-state index is -6.19. The minimum absolute atomic E-state index is 2.06. The van der Waals surface area contributed by atoms with Crippen molar-refractivity contribution in [2.75, 3.05) is 0 Å². The standard InChI is InChI=1S/C2HF5O4S.H3O4P/c3-1(4,5)2(6,7)11-12(8,9)10;1-5(2,3)4/h(H,8,9,10);(H3,1,2,3,4). The molecule has 4 N–H and O–H groups in total. The molecule has 0 aromatic rings. The average Bonchev–Trinajstić information content (AvgIpc) is 1.71. The van der Waals surface area contributed by atoms with E-state index in [2.05, 4.69) is 4.18 Å². The number of phosphoric acid groups is 1. The summed E-state index contributed by atoms with van der Waals surface area (Å²) >= 11 is 0. The van der Waals surface area contributed by atoms with Crippen molar-refractivity contribution < 1.29 is 58.4 Å². The molecule has 0 heterocycles. The highest BCUT2D eigenvalue weighted by Crippen LogP contribution is 2.37. The molecule has 0 saturated heterocycles. The first-order chi connectivity index (χ1) is 6.96. The van der Waals surface area contributed by atoms with Gasteiger partial charge in [-0.05, 0) is 0 Å². The molecule has 0 atom stereocenters. The normalized spacial score (nSPS) is 13.9. The highest BCUT2D eigenvalue weighted by Gasteiger charge is 2.62. The fraction of sp³-hybridized carbons (Fsp3) is 1.00. The van der Waals surface area contributed by atoms with Crippen molar-refractivity contribution >= 4 is 18.2 Å². The van der Waals surface area contributed by atoms with Gasteiger partial charge in [0.1, 0.15) is 0 Å². The summed E-state index contributed by atoms with van der Waals surface area (Å²) in [5.74, 6) is 0. The summed E-state index contributed by atoms with van der Waals surface area (Å²) in [5, 5.41) is 0. The van der Waals surface area contributed by atoms with Crippen LogP contribution >= 0.6 is 7.82 Å². The summed E-state index contributed by atoms with van der Waals surface area (Å²) in [6.45, 7) is 0. The zero-order valence-electron chi connectivity index (χ0n) is 7.17. The Bertz CT molecular complexity index is 371. The summed E-state index contributed by atoms with van der Waals surface area (Å²) in [7, 11) is -10.5. The molecule has 0 aromatic heterocycles. The molecule has 0 aliphatic carbocycles. The maximum absolute atomic E-state index is 11.5. The van der Waals surface area contributed by atoms with E-state index in [4.69, 9.17) is 23.8 Å². The van der Waals surface area contributed by atoms with Gasteiger partial charge in [-0.3, -0.25) is 4.55 Å². The van der Waals surface area contributed by atoms with Crippen LogP contribution in [0.3, 0.4) is 0 Å². The first-order valence-corrected chi connectivity index (χ1v) is 5.79. The molecule has 0 aliphatic heterocycles. The van der Waals surface area contributed by atoms with E-state index in [1.54, 1.807) is 0 Å². The Morgan fingerprint density at radius 3 is 1.29 bits per heavy atom. The van der Waals surface area contributed by atoms with E-state index in [0.717, 1.165) is 0 Å². The Hall–Kier alpha value is -0.370. The van der Waals surface area contributed by atoms with Crippen molar-refractivity contribution in [3.63, 3.8) is 0 Å². The lowest BCUT2D eigenvalue weighted by Gasteiger charge is -2.16. The van der Waals surface area contributed by atoms with Crippen LogP contribution < -0.4 is 0 Å². The van der Waals surface area contributed by atoms with Gasteiger partial charge in [-0.15, -0.1) is 0 Å². The van der Waals surface area contributed by atoms with Gasteiger partial charge in [0.05, 0.1) is 0 Å². The van der Waals surface area contributed by atoms with Crippen LogP contribution in [-0.2, 0) is 19.1 Å². The van der Waals surface area contributed by atoms with E-state index < -0.39 is 30.5 Å². The fourth-order valence-corrected chi connectivity index (χ4v) is 0.539. The van der Waals surface area contributed by atoms with Crippen molar-refractivity contribution in [3.8, 4) is 0 Å². The molecule has 0 saturated carbocycles. The topological polar surface area (TPSA) is 141 Å². The largest absolute Gasteiger partial charge is 0.484 e. The average molecular weight is 314 g/mol. The molecular weight excluding hydrogens is 310 g/mol. The summed E-state index contributed by atoms with van der Waals surface area (Å²) in [6.07, 6.45) is -12.1. The number of hydrogen-bond acceptors (Lipinski definition) is 4. The maximum atomic E-state index is 11.5. The van der Waals surface area contributed by atoms with Crippen LogP contribution in [0.25, 0.3) is 0 Å². The minimum Gasteiger partial charge on any atom is -0.303 e. The summed E-state index contributed by atoms with van der Waals surface area (Å²) in [4.78, 5) is 21.6. The van der Waals surface area contributed by atoms with Gasteiger partial charge in [0.2, 0.25) is 0 Å². The molecule has 0 aliphatic rings. The smallest absolute Gasteiger partial charge is 0.303 e. The first kappa shape index (κ1) is 19.0. The molecule has 0 aromatic carbocycles. The summed E-state index contributed by atoms with van der Waals surface area (Å²) in [5.41, 5.74) is 0. The zero-order valence-corrected chi connectivity index (χ0v) is 8.88. The molecule has 0 rings (SSSR count). The van der Waals surface area contributed by atoms with Crippen LogP contribution in [0, 0.1) is 0 Å². The van der Waals surface area contributed by atoms with Crippen molar-refractivity contribution in [3.05, 3.63) is 0 Å². The van der Waals surface area contributed by atoms with Gasteiger partial charge in [-0.2, -0.15) is 34.6 Å². The summed E-state index contributed by atoms with van der Waals surface area (Å²) in [6, 6.07) is 0. The Kier molecular flexibility index (Phi) is 6.16. The van der Waals surface area contributed by atoms with Crippen LogP contribution in [0.15, 0.2) is 0 Å². The Morgan fingerprint density at radius 1 is 1.00 bits per heavy atom. The van der Waals surface area contributed by atoms with E-state index in [9.17, 15) is 30.4 Å². The highest BCUT2D eigenvalue weighted by atomic mass is 32.3. The lowest BCUT2D eigenvalue weighted by atomic mass is 10.6. The second-order valence-corrected chi connectivity index (χ2v) is 4.09. The quantitative estimate of drug-likeness (QED) is 0.318. The van der Waals surface area contributed by atoms with E-state index in [1.807, 2.05) is 0 Å². The molecule has 0 fully saturated rings. The molecule has 0 radical (unpaired) electrons. The van der Waals surface area contributed by atoms with E-state index in [-0.39, 0.29) is 0 Å². The molecule has 8 nitrogen and oxygen atoms in total. The second-order valence-electron chi connectivity index (χ2n) is 2.04. The van der Waals surface area contributed by atoms with Gasteiger partial charge in [-0.25, -0.2) is 4.57 Å². The lowest BCUT2D eigenvalue weighted by Crippen LogP contribution is -2.40. The molecular formula is C2H4F5O8PS. The molecule has 0 amide bonds. The SMILES string of the molecule is O=P(O)(O)O.O=S(=O)(O)OC(F)(F)C(F)(F)F. The summed E-state index contributed by atoms with van der Waals surface area (Å²) < 4.78 is 93.7. The molecule has 17 heavy (non-hydrogen) atoms. The predicted molar refractivity (Wildman–Crippen MR) is 37.9 cm³/mol. The van der Waals surface area contributed by atoms with Crippen molar-refractivity contribution in [2.24, 2.45) is 0 Å². The molecule has 0 unspecified atom stereocenters. The third-order valence-electron chi connectivity index (χ3n) is 0.540. The van der Waals surface area contributed by atoms with Gasteiger partial charge >= 0.3 is 30.5 Å². The predicted octanol–water partition coefficient (Wildman–Crippen LogP) is 0.0323. The van der Waals surface area contributed by atoms with Crippen LogP contribution in [0.4, 0.5) is 22.0 Å². The van der Waals surface area contributed by atoms with Crippen LogP contribution in [0.5, 0.6) is 0 Å². The van der Waals surface area contributed by atoms with Gasteiger partial charge in [-0.1, -0.05) is 0 Å². The number of hydrogen-bond donors (Lipinski definition) is 4. The third-order valence-corrected chi connectivity index (χ3v) is 0.960. The first-order valence-electron chi connectivity index (χ1n) is 2.86. The number of halogens is 5. The van der Waals surface area contributed by atoms with Gasteiger partial charge in [0.25, 0.3) is 0 Å². The maximum Gasteiger partial charge on any atom is 0.484 e. The number of rotatable bonds is 2. The van der Waals surface area contributed by atoms with Crippen molar-refractivity contribution in [1.29, 1.82) is 0 Å². The Balaban J connectivity index is 0. The monoisotopic (exact) mass is 314 g/mol. The third kappa shape index (κ3) is 13.6. The van der Waals surface area contributed by atoms with Crippen LogP contribution in [0.2, 0.25) is 0 Å². The molecule has 15 heteroatoms. The van der Waals surface area contributed by atoms with E-state index >= 15 is 0 Å². The molecule has 0 bridgehead atoms. The van der Waals surface area contributed by atoms with Crippen molar-refractivity contribution in [2.45, 2.75) is 12.3 Å². The zero-order chi connectivity index (χ0) is 14.7. The highest BCUT2D eigenvalue weighted by molar-refractivity contribution is 7.80. The van der Waals surface area contributed by atoms with Gasteiger partial charge in [0, 0.05) is 0 Å². The fourth-order valence-electron chi connectivity index (χ4n) is 0.180. The molecule has 0 spiro atoms. The number of alkyl halides is 5.